The van der Waals surface area contributed by atoms with Crippen LogP contribution in [0.25, 0.3) is 0 Å². The van der Waals surface area contributed by atoms with Gasteiger partial charge in [0.15, 0.2) is 0 Å². The lowest BCUT2D eigenvalue weighted by Gasteiger charge is -2.10. The fourth-order valence-electron chi connectivity index (χ4n) is 1.07. The second-order valence-electron chi connectivity index (χ2n) is 3.11. The van der Waals surface area contributed by atoms with E-state index in [4.69, 9.17) is 20.5 Å². The first-order chi connectivity index (χ1) is 7.26. The Hall–Kier alpha value is -1.73. The molecule has 0 aliphatic rings. The minimum Gasteiger partial charge on any atom is -0.497 e. The summed E-state index contributed by atoms with van der Waals surface area (Å²) in [5, 5.41) is 8.41. The van der Waals surface area contributed by atoms with Gasteiger partial charge in [0, 0.05) is 6.07 Å². The summed E-state index contributed by atoms with van der Waals surface area (Å²) in [6.07, 6.45) is 0.296. The Morgan fingerprint density at radius 3 is 2.87 bits per heavy atom. The van der Waals surface area contributed by atoms with Crippen molar-refractivity contribution in [1.29, 1.82) is 5.26 Å². The minimum atomic E-state index is -0.249. The number of rotatable bonds is 5. The van der Waals surface area contributed by atoms with Gasteiger partial charge < -0.3 is 15.2 Å². The molecule has 15 heavy (non-hydrogen) atoms. The van der Waals surface area contributed by atoms with Gasteiger partial charge in [-0.1, -0.05) is 6.07 Å². The highest BCUT2D eigenvalue weighted by atomic mass is 16.5. The molecule has 0 saturated carbocycles. The van der Waals surface area contributed by atoms with Gasteiger partial charge in [-0.25, -0.2) is 0 Å². The van der Waals surface area contributed by atoms with Crippen LogP contribution < -0.4 is 15.2 Å². The van der Waals surface area contributed by atoms with Crippen LogP contribution in [-0.4, -0.2) is 19.8 Å². The first-order valence-corrected chi connectivity index (χ1v) is 4.65. The van der Waals surface area contributed by atoms with E-state index in [0.717, 1.165) is 5.75 Å². The first kappa shape index (κ1) is 11.3. The van der Waals surface area contributed by atoms with Gasteiger partial charge in [-0.2, -0.15) is 5.26 Å². The van der Waals surface area contributed by atoms with Crippen LogP contribution in [0.15, 0.2) is 24.3 Å². The number of hydrogen-bond acceptors (Lipinski definition) is 4. The minimum absolute atomic E-state index is 0.249. The van der Waals surface area contributed by atoms with Crippen LogP contribution >= 0.6 is 0 Å². The lowest BCUT2D eigenvalue weighted by atomic mass is 10.2. The highest BCUT2D eigenvalue weighted by Crippen LogP contribution is 2.18. The van der Waals surface area contributed by atoms with E-state index < -0.39 is 0 Å². The van der Waals surface area contributed by atoms with Crippen LogP contribution in [0.3, 0.4) is 0 Å². The van der Waals surface area contributed by atoms with Crippen molar-refractivity contribution in [2.75, 3.05) is 13.7 Å². The topological polar surface area (TPSA) is 68.3 Å². The highest BCUT2D eigenvalue weighted by molar-refractivity contribution is 5.32. The van der Waals surface area contributed by atoms with Crippen molar-refractivity contribution in [2.45, 2.75) is 12.5 Å². The summed E-state index contributed by atoms with van der Waals surface area (Å²) >= 11 is 0. The van der Waals surface area contributed by atoms with Crippen LogP contribution in [0.1, 0.15) is 6.42 Å². The van der Waals surface area contributed by atoms with Crippen molar-refractivity contribution < 1.29 is 9.47 Å². The molecule has 0 aromatic heterocycles. The van der Waals surface area contributed by atoms with Crippen LogP contribution in [0.4, 0.5) is 0 Å². The van der Waals surface area contributed by atoms with Crippen molar-refractivity contribution in [3.8, 4) is 17.6 Å². The summed E-state index contributed by atoms with van der Waals surface area (Å²) in [4.78, 5) is 0. The fraction of sp³-hybridized carbons (Fsp3) is 0.364. The van der Waals surface area contributed by atoms with Crippen LogP contribution in [-0.2, 0) is 0 Å². The Morgan fingerprint density at radius 1 is 1.47 bits per heavy atom. The van der Waals surface area contributed by atoms with Gasteiger partial charge in [-0.15, -0.1) is 0 Å². The molecule has 0 saturated heterocycles. The Balaban J connectivity index is 2.47. The zero-order valence-electron chi connectivity index (χ0n) is 8.64. The molecule has 0 heterocycles. The third kappa shape index (κ3) is 3.88. The van der Waals surface area contributed by atoms with E-state index in [-0.39, 0.29) is 6.04 Å². The maximum Gasteiger partial charge on any atom is 0.123 e. The second kappa shape index (κ2) is 5.89. The van der Waals surface area contributed by atoms with Crippen molar-refractivity contribution >= 4 is 0 Å². The largest absolute Gasteiger partial charge is 0.497 e. The number of methoxy groups -OCH3 is 1. The third-order valence-corrected chi connectivity index (χ3v) is 1.86. The van der Waals surface area contributed by atoms with Crippen molar-refractivity contribution in [3.05, 3.63) is 24.3 Å². The number of hydrogen-bond donors (Lipinski definition) is 1. The number of nitrogens with two attached hydrogens (primary N) is 1. The molecule has 0 aliphatic carbocycles. The monoisotopic (exact) mass is 206 g/mol. The summed E-state index contributed by atoms with van der Waals surface area (Å²) in [6.45, 7) is 0.334. The van der Waals surface area contributed by atoms with Gasteiger partial charge in [-0.05, 0) is 12.1 Å². The fourth-order valence-corrected chi connectivity index (χ4v) is 1.07. The summed E-state index contributed by atoms with van der Waals surface area (Å²) in [7, 11) is 1.60. The van der Waals surface area contributed by atoms with Crippen molar-refractivity contribution in [3.63, 3.8) is 0 Å². The average Bonchev–Trinajstić information content (AvgIpc) is 2.27. The zero-order chi connectivity index (χ0) is 11.1. The Morgan fingerprint density at radius 2 is 2.20 bits per heavy atom. The molecule has 4 heteroatoms. The van der Waals surface area contributed by atoms with Gasteiger partial charge in [0.1, 0.15) is 18.1 Å². The van der Waals surface area contributed by atoms with E-state index in [1.165, 1.54) is 0 Å². The number of nitriles is 1. The second-order valence-corrected chi connectivity index (χ2v) is 3.11. The number of benzene rings is 1. The molecule has 1 unspecified atom stereocenters. The summed E-state index contributed by atoms with van der Waals surface area (Å²) in [5.74, 6) is 1.43. The molecule has 0 aliphatic heterocycles. The molecule has 0 fully saturated rings. The van der Waals surface area contributed by atoms with Gasteiger partial charge in [0.25, 0.3) is 0 Å². The van der Waals surface area contributed by atoms with Gasteiger partial charge >= 0.3 is 0 Å². The van der Waals surface area contributed by atoms with E-state index in [1.54, 1.807) is 13.2 Å². The predicted octanol–water partition coefficient (Wildman–Crippen LogP) is 1.31. The Labute approximate surface area is 89.2 Å². The Kier molecular flexibility index (Phi) is 4.45. The van der Waals surface area contributed by atoms with Gasteiger partial charge in [-0.3, -0.25) is 0 Å². The normalized spacial score (nSPS) is 11.5. The van der Waals surface area contributed by atoms with Crippen LogP contribution in [0, 0.1) is 11.3 Å². The average molecular weight is 206 g/mol. The van der Waals surface area contributed by atoms with E-state index in [0.29, 0.717) is 18.8 Å². The van der Waals surface area contributed by atoms with Gasteiger partial charge in [0.2, 0.25) is 0 Å². The van der Waals surface area contributed by atoms with E-state index in [9.17, 15) is 0 Å². The highest BCUT2D eigenvalue weighted by Gasteiger charge is 2.03. The van der Waals surface area contributed by atoms with E-state index in [1.807, 2.05) is 24.3 Å². The molecule has 80 valence electrons. The maximum atomic E-state index is 8.41. The lowest BCUT2D eigenvalue weighted by molar-refractivity contribution is 0.288. The zero-order valence-corrected chi connectivity index (χ0v) is 8.64. The Bertz CT molecular complexity index is 347. The molecule has 0 bridgehead atoms. The quantitative estimate of drug-likeness (QED) is 0.788. The molecular weight excluding hydrogens is 192 g/mol. The first-order valence-electron chi connectivity index (χ1n) is 4.65. The molecule has 1 aromatic carbocycles. The summed E-state index contributed by atoms with van der Waals surface area (Å²) < 4.78 is 10.5. The summed E-state index contributed by atoms with van der Waals surface area (Å²) in [6, 6.07) is 9.02. The summed E-state index contributed by atoms with van der Waals surface area (Å²) in [5.41, 5.74) is 5.62. The molecular formula is C11H14N2O2. The number of nitrogens with zero attached hydrogens (tertiary/aromatic N) is 1. The number of ether oxygens (including phenoxy) is 2. The standard InChI is InChI=1S/C11H14N2O2/c1-14-10-3-2-4-11(7-10)15-8-9(13)5-6-12/h2-4,7,9H,5,8,13H2,1H3. The molecule has 1 atom stereocenters. The van der Waals surface area contributed by atoms with E-state index in [2.05, 4.69) is 0 Å². The molecule has 0 spiro atoms. The van der Waals surface area contributed by atoms with E-state index >= 15 is 0 Å². The van der Waals surface area contributed by atoms with Crippen molar-refractivity contribution in [2.24, 2.45) is 5.73 Å². The molecule has 4 nitrogen and oxygen atoms in total. The maximum absolute atomic E-state index is 8.41. The molecule has 1 rings (SSSR count). The molecule has 0 amide bonds. The predicted molar refractivity (Wildman–Crippen MR) is 56.7 cm³/mol. The van der Waals surface area contributed by atoms with Crippen molar-refractivity contribution in [1.82, 2.24) is 0 Å². The molecule has 1 aromatic rings. The van der Waals surface area contributed by atoms with Gasteiger partial charge in [0.05, 0.1) is 25.6 Å². The SMILES string of the molecule is COc1cccc(OCC(N)CC#N)c1. The third-order valence-electron chi connectivity index (χ3n) is 1.86. The molecule has 2 N–H and O–H groups in total. The van der Waals surface area contributed by atoms with Crippen LogP contribution in [0.2, 0.25) is 0 Å². The lowest BCUT2D eigenvalue weighted by Crippen LogP contribution is -2.27. The van der Waals surface area contributed by atoms with Crippen LogP contribution in [0.5, 0.6) is 11.5 Å². The smallest absolute Gasteiger partial charge is 0.123 e. The molecule has 0 radical (unpaired) electrons.